The third kappa shape index (κ3) is 1.97. The van der Waals surface area contributed by atoms with Gasteiger partial charge in [0.05, 0.1) is 12.9 Å². The molecule has 2 aromatic heterocycles. The zero-order chi connectivity index (χ0) is 15.5. The Kier molecular flexibility index (Phi) is 2.89. The number of hydrogen-bond acceptors (Lipinski definition) is 8. The van der Waals surface area contributed by atoms with Gasteiger partial charge in [-0.25, -0.2) is 15.0 Å². The average molecular weight is 307 g/mol. The van der Waals surface area contributed by atoms with Gasteiger partial charge in [-0.3, -0.25) is 4.57 Å². The van der Waals surface area contributed by atoms with Gasteiger partial charge in [0, 0.05) is 0 Å². The molecule has 0 saturated carbocycles. The van der Waals surface area contributed by atoms with Gasteiger partial charge in [-0.2, -0.15) is 0 Å². The number of nitrogens with zero attached hydrogens (tertiary/aromatic N) is 4. The highest BCUT2D eigenvalue weighted by atomic mass is 16.7. The number of ether oxygens (including phenoxy) is 3. The van der Waals surface area contributed by atoms with E-state index >= 15 is 0 Å². The molecule has 4 atom stereocenters. The van der Waals surface area contributed by atoms with Crippen LogP contribution in [-0.4, -0.2) is 55.3 Å². The topological polar surface area (TPSA) is 118 Å². The number of aliphatic hydroxyl groups excluding tert-OH is 1. The Balaban J connectivity index is 1.70. The van der Waals surface area contributed by atoms with Crippen LogP contribution in [0.5, 0.6) is 0 Å². The lowest BCUT2D eigenvalue weighted by Gasteiger charge is -2.37. The largest absolute Gasteiger partial charge is 0.386 e. The predicted molar refractivity (Wildman–Crippen MR) is 74.6 cm³/mol. The van der Waals surface area contributed by atoms with Crippen molar-refractivity contribution >= 4 is 17.0 Å². The van der Waals surface area contributed by atoms with Gasteiger partial charge in [-0.1, -0.05) is 0 Å². The van der Waals surface area contributed by atoms with Gasteiger partial charge in [0.25, 0.3) is 0 Å². The number of imidazole rings is 1. The maximum atomic E-state index is 10.6. The monoisotopic (exact) mass is 307 g/mol. The van der Waals surface area contributed by atoms with E-state index in [4.69, 9.17) is 19.9 Å². The standard InChI is InChI=1S/C13H17N5O4/c1-13(2)20-3-6-9(22-13)8(19)12(21-6)18-5-17-7-10(14)15-4-16-11(7)18/h4-6,8-9,12,19H,3H2,1-2H3,(H2,14,15,16). The normalized spacial score (nSPS) is 34.0. The Hall–Kier alpha value is -1.81. The lowest BCUT2D eigenvalue weighted by molar-refractivity contribution is -0.300. The lowest BCUT2D eigenvalue weighted by Crippen LogP contribution is -2.50. The van der Waals surface area contributed by atoms with Crippen molar-refractivity contribution in [3.63, 3.8) is 0 Å². The Morgan fingerprint density at radius 2 is 2.18 bits per heavy atom. The minimum atomic E-state index is -0.859. The molecule has 2 saturated heterocycles. The van der Waals surface area contributed by atoms with Crippen molar-refractivity contribution in [3.05, 3.63) is 12.7 Å². The summed E-state index contributed by atoms with van der Waals surface area (Å²) in [5.41, 5.74) is 6.77. The van der Waals surface area contributed by atoms with Crippen LogP contribution >= 0.6 is 0 Å². The van der Waals surface area contributed by atoms with Gasteiger partial charge in [0.15, 0.2) is 23.5 Å². The molecular weight excluding hydrogens is 290 g/mol. The zero-order valence-corrected chi connectivity index (χ0v) is 12.2. The van der Waals surface area contributed by atoms with Crippen LogP contribution in [0.15, 0.2) is 12.7 Å². The van der Waals surface area contributed by atoms with Crippen LogP contribution in [0.3, 0.4) is 0 Å². The van der Waals surface area contributed by atoms with Crippen LogP contribution in [0.25, 0.3) is 11.2 Å². The van der Waals surface area contributed by atoms with E-state index in [0.29, 0.717) is 17.8 Å². The summed E-state index contributed by atoms with van der Waals surface area (Å²) >= 11 is 0. The van der Waals surface area contributed by atoms with E-state index in [2.05, 4.69) is 15.0 Å². The second-order valence-electron chi connectivity index (χ2n) is 5.93. The summed E-state index contributed by atoms with van der Waals surface area (Å²) in [5, 5.41) is 10.6. The fourth-order valence-corrected chi connectivity index (χ4v) is 2.93. The van der Waals surface area contributed by atoms with E-state index < -0.39 is 24.2 Å². The Morgan fingerprint density at radius 3 is 3.00 bits per heavy atom. The molecule has 4 heterocycles. The molecule has 2 aliphatic rings. The van der Waals surface area contributed by atoms with E-state index in [1.165, 1.54) is 12.7 Å². The first-order valence-electron chi connectivity index (χ1n) is 7.04. The first-order valence-corrected chi connectivity index (χ1v) is 7.04. The lowest BCUT2D eigenvalue weighted by atomic mass is 10.1. The molecule has 2 fully saturated rings. The van der Waals surface area contributed by atoms with Crippen molar-refractivity contribution in [1.29, 1.82) is 0 Å². The minimum Gasteiger partial charge on any atom is -0.386 e. The first-order chi connectivity index (χ1) is 10.5. The molecule has 0 amide bonds. The van der Waals surface area contributed by atoms with Crippen molar-refractivity contribution in [2.24, 2.45) is 0 Å². The average Bonchev–Trinajstić information content (AvgIpc) is 3.01. The van der Waals surface area contributed by atoms with Crippen LogP contribution in [0.2, 0.25) is 0 Å². The quantitative estimate of drug-likeness (QED) is 0.745. The number of aliphatic hydroxyl groups is 1. The summed E-state index contributed by atoms with van der Waals surface area (Å²) in [6.45, 7) is 3.97. The van der Waals surface area contributed by atoms with Crippen molar-refractivity contribution in [2.75, 3.05) is 12.3 Å². The van der Waals surface area contributed by atoms with E-state index in [1.54, 1.807) is 4.57 Å². The van der Waals surface area contributed by atoms with E-state index in [-0.39, 0.29) is 11.9 Å². The van der Waals surface area contributed by atoms with Crippen LogP contribution < -0.4 is 5.73 Å². The highest BCUT2D eigenvalue weighted by Crippen LogP contribution is 2.38. The summed E-state index contributed by atoms with van der Waals surface area (Å²) in [6, 6.07) is 0. The number of anilines is 1. The molecule has 0 aliphatic carbocycles. The number of fused-ring (bicyclic) bond motifs is 2. The van der Waals surface area contributed by atoms with Crippen LogP contribution in [0, 0.1) is 0 Å². The van der Waals surface area contributed by atoms with Crippen LogP contribution in [-0.2, 0) is 14.2 Å². The van der Waals surface area contributed by atoms with Gasteiger partial charge >= 0.3 is 0 Å². The fourth-order valence-electron chi connectivity index (χ4n) is 2.93. The first kappa shape index (κ1) is 13.8. The number of nitrogens with two attached hydrogens (primary N) is 1. The number of aromatic nitrogens is 4. The Morgan fingerprint density at radius 1 is 1.36 bits per heavy atom. The molecule has 9 heteroatoms. The highest BCUT2D eigenvalue weighted by Gasteiger charge is 2.51. The second-order valence-corrected chi connectivity index (χ2v) is 5.93. The van der Waals surface area contributed by atoms with Gasteiger partial charge in [0.2, 0.25) is 0 Å². The molecule has 4 rings (SSSR count). The van der Waals surface area contributed by atoms with Gasteiger partial charge < -0.3 is 25.1 Å². The fraction of sp³-hybridized carbons (Fsp3) is 0.615. The summed E-state index contributed by atoms with van der Waals surface area (Å²) in [5.74, 6) is -0.460. The van der Waals surface area contributed by atoms with E-state index in [9.17, 15) is 5.11 Å². The summed E-state index contributed by atoms with van der Waals surface area (Å²) in [4.78, 5) is 12.3. The molecular formula is C13H17N5O4. The number of hydrogen-bond donors (Lipinski definition) is 2. The predicted octanol–water partition coefficient (Wildman–Crippen LogP) is -0.182. The summed E-state index contributed by atoms with van der Waals surface area (Å²) in [6.07, 6.45) is 0.559. The van der Waals surface area contributed by atoms with E-state index in [0.717, 1.165) is 0 Å². The van der Waals surface area contributed by atoms with Crippen LogP contribution in [0.4, 0.5) is 5.82 Å². The molecule has 22 heavy (non-hydrogen) atoms. The van der Waals surface area contributed by atoms with Crippen LogP contribution in [0.1, 0.15) is 20.1 Å². The maximum absolute atomic E-state index is 10.6. The Bertz CT molecular complexity index is 718. The molecule has 118 valence electrons. The molecule has 0 radical (unpaired) electrons. The summed E-state index contributed by atoms with van der Waals surface area (Å²) in [7, 11) is 0. The van der Waals surface area contributed by atoms with Gasteiger partial charge in [0.1, 0.15) is 30.2 Å². The molecule has 0 aromatic carbocycles. The van der Waals surface area contributed by atoms with Crippen molar-refractivity contribution in [3.8, 4) is 0 Å². The zero-order valence-electron chi connectivity index (χ0n) is 12.2. The third-order valence-corrected chi connectivity index (χ3v) is 3.99. The smallest absolute Gasteiger partial charge is 0.167 e. The van der Waals surface area contributed by atoms with E-state index in [1.807, 2.05) is 13.8 Å². The molecule has 9 nitrogen and oxygen atoms in total. The third-order valence-electron chi connectivity index (χ3n) is 3.99. The maximum Gasteiger partial charge on any atom is 0.167 e. The van der Waals surface area contributed by atoms with Gasteiger partial charge in [-0.05, 0) is 13.8 Å². The van der Waals surface area contributed by atoms with Crippen molar-refractivity contribution in [1.82, 2.24) is 19.5 Å². The molecule has 2 aliphatic heterocycles. The van der Waals surface area contributed by atoms with Crippen molar-refractivity contribution < 1.29 is 19.3 Å². The number of nitrogen functional groups attached to an aromatic ring is 1. The molecule has 2 aromatic rings. The highest BCUT2D eigenvalue weighted by molar-refractivity contribution is 5.81. The Labute approximate surface area is 126 Å². The van der Waals surface area contributed by atoms with Crippen molar-refractivity contribution in [2.45, 2.75) is 44.2 Å². The number of rotatable bonds is 1. The molecule has 0 bridgehead atoms. The molecule has 4 unspecified atom stereocenters. The second kappa shape index (κ2) is 4.59. The molecule has 3 N–H and O–H groups in total. The summed E-state index contributed by atoms with van der Waals surface area (Å²) < 4.78 is 18.9. The molecule has 0 spiro atoms. The van der Waals surface area contributed by atoms with Gasteiger partial charge in [-0.15, -0.1) is 0 Å². The minimum absolute atomic E-state index is 0.286. The SMILES string of the molecule is CC1(C)OCC2OC(n3cnc4c(N)ncnc43)C(O)C2O1.